The minimum atomic E-state index is -2.49. The van der Waals surface area contributed by atoms with E-state index in [-0.39, 0.29) is 6.29 Å². The summed E-state index contributed by atoms with van der Waals surface area (Å²) in [5.74, 6) is -0.927. The molecule has 13 heavy (non-hydrogen) atoms. The van der Waals surface area contributed by atoms with Crippen molar-refractivity contribution < 1.29 is 30.0 Å². The highest BCUT2D eigenvalue weighted by Crippen LogP contribution is 2.14. The van der Waals surface area contributed by atoms with Gasteiger partial charge in [-0.25, -0.2) is 0 Å². The van der Waals surface area contributed by atoms with E-state index in [0.717, 1.165) is 6.92 Å². The molecule has 76 valence electrons. The molecule has 4 N–H and O–H groups in total. The van der Waals surface area contributed by atoms with Crippen LogP contribution in [0, 0.1) is 0 Å². The summed E-state index contributed by atoms with van der Waals surface area (Å²) in [7, 11) is 0. The number of carbonyl (C=O) groups excluding carboxylic acids is 2. The van der Waals surface area contributed by atoms with Gasteiger partial charge in [0.15, 0.2) is 17.7 Å². The number of ketones is 1. The molecule has 3 unspecified atom stereocenters. The summed E-state index contributed by atoms with van der Waals surface area (Å²) in [6.07, 6.45) is -3.96. The standard InChI is InChI=1S/C7H12O6/c1-4(10)7(13,3-9)6(12)5(11)2-8/h2,5-6,9,11-13H,3H2,1H3. The van der Waals surface area contributed by atoms with Crippen LogP contribution >= 0.6 is 0 Å². The second-order valence-corrected chi connectivity index (χ2v) is 2.71. The fourth-order valence-electron chi connectivity index (χ4n) is 0.770. The predicted molar refractivity (Wildman–Crippen MR) is 40.8 cm³/mol. The Balaban J connectivity index is 4.75. The Morgan fingerprint density at radius 1 is 1.54 bits per heavy atom. The van der Waals surface area contributed by atoms with E-state index in [1.165, 1.54) is 0 Å². The molecule has 0 aromatic rings. The number of aldehydes is 1. The van der Waals surface area contributed by atoms with Crippen molar-refractivity contribution in [1.29, 1.82) is 0 Å². The first kappa shape index (κ1) is 12.2. The van der Waals surface area contributed by atoms with Crippen molar-refractivity contribution >= 4 is 12.1 Å². The van der Waals surface area contributed by atoms with Crippen LogP contribution < -0.4 is 0 Å². The smallest absolute Gasteiger partial charge is 0.174 e. The van der Waals surface area contributed by atoms with E-state index in [0.29, 0.717) is 0 Å². The van der Waals surface area contributed by atoms with Gasteiger partial charge in [-0.15, -0.1) is 0 Å². The Morgan fingerprint density at radius 2 is 2.00 bits per heavy atom. The summed E-state index contributed by atoms with van der Waals surface area (Å²) in [4.78, 5) is 20.8. The summed E-state index contributed by atoms with van der Waals surface area (Å²) in [6, 6.07) is 0. The highest BCUT2D eigenvalue weighted by molar-refractivity contribution is 5.86. The van der Waals surface area contributed by atoms with Gasteiger partial charge in [0.05, 0.1) is 6.61 Å². The van der Waals surface area contributed by atoms with Gasteiger partial charge < -0.3 is 25.2 Å². The second kappa shape index (κ2) is 4.43. The van der Waals surface area contributed by atoms with Crippen LogP contribution in [0.4, 0.5) is 0 Å². The zero-order valence-corrected chi connectivity index (χ0v) is 7.04. The number of hydrogen-bond donors (Lipinski definition) is 4. The summed E-state index contributed by atoms with van der Waals surface area (Å²) < 4.78 is 0. The third-order valence-corrected chi connectivity index (χ3v) is 1.80. The largest absolute Gasteiger partial charge is 0.393 e. The van der Waals surface area contributed by atoms with Gasteiger partial charge in [0.25, 0.3) is 0 Å². The maximum absolute atomic E-state index is 10.8. The lowest BCUT2D eigenvalue weighted by atomic mass is 9.90. The van der Waals surface area contributed by atoms with Crippen molar-refractivity contribution in [2.45, 2.75) is 24.7 Å². The molecule has 0 aliphatic heterocycles. The van der Waals surface area contributed by atoms with Gasteiger partial charge in [-0.05, 0) is 6.92 Å². The zero-order chi connectivity index (χ0) is 10.6. The molecule has 6 nitrogen and oxygen atoms in total. The van der Waals surface area contributed by atoms with Crippen LogP contribution in [0.25, 0.3) is 0 Å². The lowest BCUT2D eigenvalue weighted by Gasteiger charge is -2.29. The van der Waals surface area contributed by atoms with Crippen molar-refractivity contribution in [3.63, 3.8) is 0 Å². The molecule has 0 spiro atoms. The highest BCUT2D eigenvalue weighted by Gasteiger charge is 2.43. The number of carbonyl (C=O) groups is 2. The summed E-state index contributed by atoms with van der Waals surface area (Å²) in [5, 5.41) is 35.8. The topological polar surface area (TPSA) is 115 Å². The first-order chi connectivity index (χ1) is 5.90. The minimum Gasteiger partial charge on any atom is -0.393 e. The van der Waals surface area contributed by atoms with E-state index >= 15 is 0 Å². The molecular weight excluding hydrogens is 180 g/mol. The average molecular weight is 192 g/mol. The number of rotatable bonds is 5. The lowest BCUT2D eigenvalue weighted by molar-refractivity contribution is -0.169. The van der Waals surface area contributed by atoms with Crippen LogP contribution in [0.15, 0.2) is 0 Å². The van der Waals surface area contributed by atoms with Crippen molar-refractivity contribution in [2.75, 3.05) is 6.61 Å². The number of Topliss-reactive ketones (excluding diaryl/α,β-unsaturated/α-hetero) is 1. The summed E-state index contributed by atoms with van der Waals surface area (Å²) >= 11 is 0. The van der Waals surface area contributed by atoms with E-state index < -0.39 is 30.2 Å². The monoisotopic (exact) mass is 192 g/mol. The van der Waals surface area contributed by atoms with Crippen molar-refractivity contribution in [3.8, 4) is 0 Å². The minimum absolute atomic E-state index is 0.0335. The quantitative estimate of drug-likeness (QED) is 0.350. The Morgan fingerprint density at radius 3 is 2.23 bits per heavy atom. The van der Waals surface area contributed by atoms with Crippen LogP contribution in [0.5, 0.6) is 0 Å². The Hall–Kier alpha value is -0.820. The van der Waals surface area contributed by atoms with Crippen molar-refractivity contribution in [1.82, 2.24) is 0 Å². The van der Waals surface area contributed by atoms with Crippen molar-refractivity contribution in [3.05, 3.63) is 0 Å². The number of aliphatic hydroxyl groups excluding tert-OH is 3. The molecule has 6 heteroatoms. The molecule has 0 bridgehead atoms. The molecule has 0 aliphatic carbocycles. The normalized spacial score (nSPS) is 20.1. The van der Waals surface area contributed by atoms with E-state index in [9.17, 15) is 14.7 Å². The maximum Gasteiger partial charge on any atom is 0.174 e. The molecule has 0 amide bonds. The first-order valence-electron chi connectivity index (χ1n) is 3.55. The van der Waals surface area contributed by atoms with Gasteiger partial charge in [-0.2, -0.15) is 0 Å². The van der Waals surface area contributed by atoms with E-state index in [4.69, 9.17) is 15.3 Å². The van der Waals surface area contributed by atoms with E-state index in [2.05, 4.69) is 0 Å². The number of aliphatic hydroxyl groups is 4. The van der Waals surface area contributed by atoms with Crippen LogP contribution in [0.3, 0.4) is 0 Å². The van der Waals surface area contributed by atoms with Gasteiger partial charge in [-0.3, -0.25) is 4.79 Å². The Bertz CT molecular complexity index is 203. The lowest BCUT2D eigenvalue weighted by Crippen LogP contribution is -2.56. The van der Waals surface area contributed by atoms with Crippen LogP contribution in [-0.4, -0.2) is 56.9 Å². The van der Waals surface area contributed by atoms with Crippen LogP contribution in [-0.2, 0) is 9.59 Å². The molecule has 0 saturated carbocycles. The molecule has 0 heterocycles. The molecule has 0 aromatic carbocycles. The van der Waals surface area contributed by atoms with E-state index in [1.807, 2.05) is 0 Å². The van der Waals surface area contributed by atoms with Gasteiger partial charge >= 0.3 is 0 Å². The van der Waals surface area contributed by atoms with E-state index in [1.54, 1.807) is 0 Å². The molecule has 0 fully saturated rings. The van der Waals surface area contributed by atoms with Gasteiger partial charge in [0, 0.05) is 0 Å². The second-order valence-electron chi connectivity index (χ2n) is 2.71. The Labute approximate surface area is 74.4 Å². The molecule has 0 saturated heterocycles. The molecule has 0 radical (unpaired) electrons. The van der Waals surface area contributed by atoms with Gasteiger partial charge in [0.2, 0.25) is 0 Å². The third-order valence-electron chi connectivity index (χ3n) is 1.80. The number of hydrogen-bond acceptors (Lipinski definition) is 6. The SMILES string of the molecule is CC(=O)C(O)(CO)C(O)C(O)C=O. The van der Waals surface area contributed by atoms with Gasteiger partial charge in [0.1, 0.15) is 12.2 Å². The molecule has 0 aromatic heterocycles. The Kier molecular flexibility index (Phi) is 4.15. The predicted octanol–water partition coefficient (Wildman–Crippen LogP) is -2.78. The average Bonchev–Trinajstić information content (AvgIpc) is 2.13. The van der Waals surface area contributed by atoms with Gasteiger partial charge in [-0.1, -0.05) is 0 Å². The highest BCUT2D eigenvalue weighted by atomic mass is 16.4. The molecule has 0 aliphatic rings. The fourth-order valence-corrected chi connectivity index (χ4v) is 0.770. The molecule has 0 rings (SSSR count). The fraction of sp³-hybridized carbons (Fsp3) is 0.714. The van der Waals surface area contributed by atoms with Crippen LogP contribution in [0.1, 0.15) is 6.92 Å². The summed E-state index contributed by atoms with van der Waals surface area (Å²) in [6.45, 7) is -0.134. The third kappa shape index (κ3) is 2.31. The zero-order valence-electron chi connectivity index (χ0n) is 7.04. The maximum atomic E-state index is 10.8. The first-order valence-corrected chi connectivity index (χ1v) is 3.55. The van der Waals surface area contributed by atoms with Crippen LogP contribution in [0.2, 0.25) is 0 Å². The van der Waals surface area contributed by atoms with Crippen molar-refractivity contribution in [2.24, 2.45) is 0 Å². The molecular formula is C7H12O6. The molecule has 3 atom stereocenters. The summed E-state index contributed by atoms with van der Waals surface area (Å²) in [5.41, 5.74) is -2.49.